The lowest BCUT2D eigenvalue weighted by Crippen LogP contribution is -2.45. The second kappa shape index (κ2) is 6.51. The highest BCUT2D eigenvalue weighted by Crippen LogP contribution is 2.35. The van der Waals surface area contributed by atoms with Gasteiger partial charge in [-0.05, 0) is 17.5 Å². The highest BCUT2D eigenvalue weighted by Gasteiger charge is 2.28. The van der Waals surface area contributed by atoms with Crippen molar-refractivity contribution >= 4 is 17.0 Å². The van der Waals surface area contributed by atoms with Crippen molar-refractivity contribution in [3.63, 3.8) is 0 Å². The quantitative estimate of drug-likeness (QED) is 0.695. The van der Waals surface area contributed by atoms with Gasteiger partial charge in [0.1, 0.15) is 5.82 Å². The summed E-state index contributed by atoms with van der Waals surface area (Å²) < 4.78 is 14.4. The first kappa shape index (κ1) is 15.1. The number of nitro groups is 1. The molecule has 1 atom stereocenters. The summed E-state index contributed by atoms with van der Waals surface area (Å²) in [5.41, 5.74) is 0.298. The van der Waals surface area contributed by atoms with Crippen LogP contribution in [0.2, 0.25) is 0 Å². The van der Waals surface area contributed by atoms with Crippen LogP contribution in [0.1, 0.15) is 16.5 Å². The molecule has 0 unspecified atom stereocenters. The van der Waals surface area contributed by atoms with Gasteiger partial charge in [-0.25, -0.2) is 4.39 Å². The monoisotopic (exact) mass is 321 g/mol. The predicted octanol–water partition coefficient (Wildman–Crippen LogP) is 2.79. The van der Waals surface area contributed by atoms with Crippen LogP contribution in [0.25, 0.3) is 0 Å². The van der Waals surface area contributed by atoms with E-state index in [9.17, 15) is 14.5 Å². The van der Waals surface area contributed by atoms with Crippen molar-refractivity contribution in [2.45, 2.75) is 6.04 Å². The lowest BCUT2D eigenvalue weighted by atomic mass is 10.0. The Balaban J connectivity index is 2.05. The Morgan fingerprint density at radius 3 is 2.73 bits per heavy atom. The van der Waals surface area contributed by atoms with E-state index >= 15 is 0 Å². The van der Waals surface area contributed by atoms with Crippen molar-refractivity contribution in [1.29, 1.82) is 0 Å². The predicted molar refractivity (Wildman–Crippen MR) is 83.7 cm³/mol. The topological polar surface area (TPSA) is 58.4 Å². The standard InChI is InChI=1S/C15H16FN3O2S/c16-13-4-3-11(19(20)21)10-12(13)15(14-2-1-9-22-14)18-7-5-17-6-8-18/h1-4,9-10,15,17H,5-8H2/t15-/m1/s1. The third-order valence-corrected chi connectivity index (χ3v) is 4.74. The summed E-state index contributed by atoms with van der Waals surface area (Å²) in [6.07, 6.45) is 0. The molecule has 7 heteroatoms. The summed E-state index contributed by atoms with van der Waals surface area (Å²) in [4.78, 5) is 13.7. The number of nitrogens with zero attached hydrogens (tertiary/aromatic N) is 2. The minimum atomic E-state index is -0.480. The van der Waals surface area contributed by atoms with Gasteiger partial charge in [0, 0.05) is 48.8 Å². The molecule has 0 spiro atoms. The Morgan fingerprint density at radius 2 is 2.09 bits per heavy atom. The van der Waals surface area contributed by atoms with Crippen LogP contribution >= 0.6 is 11.3 Å². The van der Waals surface area contributed by atoms with Gasteiger partial charge in [0.05, 0.1) is 11.0 Å². The van der Waals surface area contributed by atoms with Crippen molar-refractivity contribution in [2.75, 3.05) is 26.2 Å². The summed E-state index contributed by atoms with van der Waals surface area (Å²) in [5, 5.41) is 16.2. The maximum absolute atomic E-state index is 14.4. The summed E-state index contributed by atoms with van der Waals surface area (Å²) in [5.74, 6) is -0.400. The summed E-state index contributed by atoms with van der Waals surface area (Å²) in [6.45, 7) is 3.23. The maximum Gasteiger partial charge on any atom is 0.269 e. The number of hydrogen-bond donors (Lipinski definition) is 1. The van der Waals surface area contributed by atoms with Crippen LogP contribution in [-0.4, -0.2) is 36.0 Å². The smallest absolute Gasteiger partial charge is 0.269 e. The van der Waals surface area contributed by atoms with E-state index < -0.39 is 10.7 Å². The van der Waals surface area contributed by atoms with E-state index in [0.29, 0.717) is 5.56 Å². The summed E-state index contributed by atoms with van der Waals surface area (Å²) >= 11 is 1.54. The van der Waals surface area contributed by atoms with Gasteiger partial charge in [-0.2, -0.15) is 0 Å². The molecular formula is C15H16FN3O2S. The van der Waals surface area contributed by atoms with Gasteiger partial charge in [0.25, 0.3) is 5.69 Å². The van der Waals surface area contributed by atoms with E-state index in [2.05, 4.69) is 10.2 Å². The number of piperazine rings is 1. The molecule has 0 aliphatic carbocycles. The molecule has 2 heterocycles. The zero-order valence-corrected chi connectivity index (χ0v) is 12.7. The first-order valence-corrected chi connectivity index (χ1v) is 7.97. The first-order valence-electron chi connectivity index (χ1n) is 7.09. The summed E-state index contributed by atoms with van der Waals surface area (Å²) in [6, 6.07) is 7.36. The molecule has 0 bridgehead atoms. The van der Waals surface area contributed by atoms with Gasteiger partial charge in [0.15, 0.2) is 0 Å². The fourth-order valence-electron chi connectivity index (χ4n) is 2.77. The average molecular weight is 321 g/mol. The number of hydrogen-bond acceptors (Lipinski definition) is 5. The minimum absolute atomic E-state index is 0.0758. The SMILES string of the molecule is O=[N+]([O-])c1ccc(F)c([C@H](c2cccs2)N2CCNCC2)c1. The number of nitrogens with one attached hydrogen (secondary N) is 1. The van der Waals surface area contributed by atoms with Gasteiger partial charge >= 0.3 is 0 Å². The third kappa shape index (κ3) is 3.01. The van der Waals surface area contributed by atoms with Crippen LogP contribution in [0.4, 0.5) is 10.1 Å². The Bertz CT molecular complexity index is 657. The fraction of sp³-hybridized carbons (Fsp3) is 0.333. The van der Waals surface area contributed by atoms with Crippen molar-refractivity contribution < 1.29 is 9.31 Å². The molecule has 116 valence electrons. The fourth-order valence-corrected chi connectivity index (χ4v) is 3.65. The van der Waals surface area contributed by atoms with Gasteiger partial charge in [-0.1, -0.05) is 6.07 Å². The second-order valence-electron chi connectivity index (χ2n) is 5.17. The first-order chi connectivity index (χ1) is 10.7. The Hall–Kier alpha value is -1.83. The van der Waals surface area contributed by atoms with E-state index in [0.717, 1.165) is 31.1 Å². The van der Waals surface area contributed by atoms with E-state index in [-0.39, 0.29) is 11.7 Å². The molecule has 1 aromatic heterocycles. The lowest BCUT2D eigenvalue weighted by Gasteiger charge is -2.34. The van der Waals surface area contributed by atoms with E-state index in [1.807, 2.05) is 17.5 Å². The highest BCUT2D eigenvalue weighted by atomic mass is 32.1. The molecule has 0 radical (unpaired) electrons. The zero-order chi connectivity index (χ0) is 15.5. The molecule has 0 saturated carbocycles. The maximum atomic E-state index is 14.4. The zero-order valence-electron chi connectivity index (χ0n) is 11.9. The van der Waals surface area contributed by atoms with Gasteiger partial charge in [-0.3, -0.25) is 15.0 Å². The van der Waals surface area contributed by atoms with E-state index in [1.54, 1.807) is 11.3 Å². The molecule has 1 saturated heterocycles. The third-order valence-electron chi connectivity index (χ3n) is 3.81. The van der Waals surface area contributed by atoms with Crippen LogP contribution in [0, 0.1) is 15.9 Å². The molecule has 3 rings (SSSR count). The molecule has 1 aromatic carbocycles. The van der Waals surface area contributed by atoms with Crippen LogP contribution in [-0.2, 0) is 0 Å². The normalized spacial score (nSPS) is 17.3. The molecule has 5 nitrogen and oxygen atoms in total. The molecule has 1 aliphatic rings. The number of thiophene rings is 1. The molecule has 1 aliphatic heterocycles. The molecule has 2 aromatic rings. The Kier molecular flexibility index (Phi) is 4.47. The molecular weight excluding hydrogens is 305 g/mol. The van der Waals surface area contributed by atoms with Gasteiger partial charge in [0.2, 0.25) is 0 Å². The van der Waals surface area contributed by atoms with E-state index in [1.165, 1.54) is 18.2 Å². The highest BCUT2D eigenvalue weighted by molar-refractivity contribution is 7.10. The number of benzene rings is 1. The number of halogens is 1. The Labute approximate surface area is 131 Å². The van der Waals surface area contributed by atoms with Crippen LogP contribution in [0.3, 0.4) is 0 Å². The molecule has 1 fully saturated rings. The van der Waals surface area contributed by atoms with Crippen molar-refractivity contribution in [1.82, 2.24) is 10.2 Å². The van der Waals surface area contributed by atoms with Crippen LogP contribution in [0.5, 0.6) is 0 Å². The number of non-ortho nitro benzene ring substituents is 1. The second-order valence-corrected chi connectivity index (χ2v) is 6.15. The largest absolute Gasteiger partial charge is 0.314 e. The minimum Gasteiger partial charge on any atom is -0.314 e. The average Bonchev–Trinajstić information content (AvgIpc) is 3.04. The molecule has 0 amide bonds. The number of nitro benzene ring substituents is 1. The van der Waals surface area contributed by atoms with E-state index in [4.69, 9.17) is 0 Å². The van der Waals surface area contributed by atoms with Crippen LogP contribution in [0.15, 0.2) is 35.7 Å². The number of rotatable bonds is 4. The van der Waals surface area contributed by atoms with Gasteiger partial charge < -0.3 is 5.32 Å². The summed E-state index contributed by atoms with van der Waals surface area (Å²) in [7, 11) is 0. The van der Waals surface area contributed by atoms with Gasteiger partial charge in [-0.15, -0.1) is 11.3 Å². The molecule has 22 heavy (non-hydrogen) atoms. The lowest BCUT2D eigenvalue weighted by molar-refractivity contribution is -0.385. The van der Waals surface area contributed by atoms with Crippen molar-refractivity contribution in [3.05, 3.63) is 62.1 Å². The van der Waals surface area contributed by atoms with Crippen molar-refractivity contribution in [2.24, 2.45) is 0 Å². The van der Waals surface area contributed by atoms with Crippen molar-refractivity contribution in [3.8, 4) is 0 Å². The molecule has 1 N–H and O–H groups in total. The van der Waals surface area contributed by atoms with Crippen LogP contribution < -0.4 is 5.32 Å². The Morgan fingerprint density at radius 1 is 1.32 bits per heavy atom.